The number of ether oxygens (including phenoxy) is 2. The van der Waals surface area contributed by atoms with Crippen LogP contribution in [0.3, 0.4) is 0 Å². The van der Waals surface area contributed by atoms with E-state index >= 15 is 0 Å². The van der Waals surface area contributed by atoms with E-state index in [-0.39, 0.29) is 12.2 Å². The average Bonchev–Trinajstić information content (AvgIpc) is 2.94. The number of hydrogen-bond acceptors (Lipinski definition) is 4. The van der Waals surface area contributed by atoms with Gasteiger partial charge in [-0.15, -0.1) is 0 Å². The Kier molecular flexibility index (Phi) is 5.26. The first-order valence-corrected chi connectivity index (χ1v) is 9.74. The summed E-state index contributed by atoms with van der Waals surface area (Å²) < 4.78 is 11.7. The molecule has 0 unspecified atom stereocenters. The van der Waals surface area contributed by atoms with Gasteiger partial charge in [-0.1, -0.05) is 6.08 Å². The number of nitrogens with zero attached hydrogens (tertiary/aromatic N) is 2. The summed E-state index contributed by atoms with van der Waals surface area (Å²) in [5.74, 6) is 0.830. The van der Waals surface area contributed by atoms with Crippen molar-refractivity contribution in [2.75, 3.05) is 32.1 Å². The lowest BCUT2D eigenvalue weighted by molar-refractivity contribution is 0.0588. The minimum atomic E-state index is -0.531. The van der Waals surface area contributed by atoms with Crippen molar-refractivity contribution in [2.45, 2.75) is 59.2 Å². The number of benzene rings is 1. The molecule has 0 spiro atoms. The molecule has 0 radical (unpaired) electrons. The van der Waals surface area contributed by atoms with E-state index in [1.165, 1.54) is 22.3 Å². The van der Waals surface area contributed by atoms with Crippen LogP contribution < -0.4 is 9.64 Å². The molecule has 0 saturated carbocycles. The molecule has 3 rings (SSSR count). The Labute approximate surface area is 162 Å². The molecule has 1 aromatic carbocycles. The van der Waals surface area contributed by atoms with Crippen LogP contribution in [0.4, 0.5) is 10.5 Å². The molecule has 0 bridgehead atoms. The molecule has 2 aliphatic heterocycles. The van der Waals surface area contributed by atoms with Crippen molar-refractivity contribution < 1.29 is 14.3 Å². The monoisotopic (exact) mass is 372 g/mol. The molecular formula is C22H32N2O3. The molecule has 1 amide bonds. The van der Waals surface area contributed by atoms with E-state index < -0.39 is 5.60 Å². The smallest absolute Gasteiger partial charge is 0.414 e. The van der Waals surface area contributed by atoms with Gasteiger partial charge in [-0.3, -0.25) is 4.90 Å². The molecule has 0 aromatic heterocycles. The third-order valence-corrected chi connectivity index (χ3v) is 5.13. The average molecular weight is 373 g/mol. The van der Waals surface area contributed by atoms with Crippen LogP contribution in [0.5, 0.6) is 5.75 Å². The third kappa shape index (κ3) is 4.13. The van der Waals surface area contributed by atoms with Crippen molar-refractivity contribution in [3.8, 4) is 5.75 Å². The van der Waals surface area contributed by atoms with Crippen LogP contribution in [-0.4, -0.2) is 49.9 Å². The van der Waals surface area contributed by atoms with Gasteiger partial charge in [0.25, 0.3) is 0 Å². The maximum atomic E-state index is 12.6. The quantitative estimate of drug-likeness (QED) is 0.771. The molecule has 2 heterocycles. The van der Waals surface area contributed by atoms with E-state index in [9.17, 15) is 4.79 Å². The molecule has 1 atom stereocenters. The Bertz CT molecular complexity index is 777. The van der Waals surface area contributed by atoms with Crippen molar-refractivity contribution in [1.82, 2.24) is 4.90 Å². The summed E-state index contributed by atoms with van der Waals surface area (Å²) in [5.41, 5.74) is 5.38. The maximum Gasteiger partial charge on any atom is 0.414 e. The van der Waals surface area contributed by atoms with E-state index in [1.54, 1.807) is 11.9 Å². The number of carbonyl (C=O) groups excluding carboxylic acids is 1. The van der Waals surface area contributed by atoms with Crippen molar-refractivity contribution in [1.29, 1.82) is 0 Å². The van der Waals surface area contributed by atoms with Gasteiger partial charge in [0.2, 0.25) is 0 Å². The van der Waals surface area contributed by atoms with Crippen LogP contribution in [0.1, 0.15) is 50.8 Å². The molecule has 5 heteroatoms. The zero-order valence-electron chi connectivity index (χ0n) is 17.7. The SMILES string of the molecule is Cc1cc(N(C)C(=O)OC(C)(C)C)c2c(c1C1=CCN(C)CC1)C[C@@H](C)O2. The topological polar surface area (TPSA) is 42.0 Å². The molecule has 0 aliphatic carbocycles. The summed E-state index contributed by atoms with van der Waals surface area (Å²) in [6.07, 6.45) is 3.98. The van der Waals surface area contributed by atoms with Crippen LogP contribution in [0.2, 0.25) is 0 Å². The molecule has 1 aromatic rings. The first-order valence-electron chi connectivity index (χ1n) is 9.74. The second-order valence-electron chi connectivity index (χ2n) is 8.81. The van der Waals surface area contributed by atoms with Crippen molar-refractivity contribution in [3.63, 3.8) is 0 Å². The van der Waals surface area contributed by atoms with E-state index in [2.05, 4.69) is 37.9 Å². The predicted molar refractivity (Wildman–Crippen MR) is 110 cm³/mol. The third-order valence-electron chi connectivity index (χ3n) is 5.13. The lowest BCUT2D eigenvalue weighted by Gasteiger charge is -2.28. The Morgan fingerprint density at radius 2 is 2.07 bits per heavy atom. The highest BCUT2D eigenvalue weighted by Gasteiger charge is 2.32. The molecule has 0 N–H and O–H groups in total. The predicted octanol–water partition coefficient (Wildman–Crippen LogP) is 4.41. The number of anilines is 1. The van der Waals surface area contributed by atoms with Gasteiger partial charge in [0.15, 0.2) is 0 Å². The van der Waals surface area contributed by atoms with E-state index in [1.807, 2.05) is 20.8 Å². The Balaban J connectivity index is 2.02. The number of carbonyl (C=O) groups is 1. The molecule has 0 saturated heterocycles. The van der Waals surface area contributed by atoms with E-state index in [4.69, 9.17) is 9.47 Å². The van der Waals surface area contributed by atoms with Gasteiger partial charge >= 0.3 is 6.09 Å². The number of hydrogen-bond donors (Lipinski definition) is 0. The summed E-state index contributed by atoms with van der Waals surface area (Å²) in [6.45, 7) is 11.9. The molecule has 27 heavy (non-hydrogen) atoms. The second-order valence-corrected chi connectivity index (χ2v) is 8.81. The summed E-state index contributed by atoms with van der Waals surface area (Å²) in [4.78, 5) is 16.5. The minimum Gasteiger partial charge on any atom is -0.488 e. The number of amides is 1. The number of rotatable bonds is 2. The van der Waals surface area contributed by atoms with Crippen LogP contribution in [0, 0.1) is 6.92 Å². The number of likely N-dealkylation sites (N-methyl/N-ethyl adjacent to an activating group) is 1. The van der Waals surface area contributed by atoms with E-state index in [0.717, 1.165) is 37.4 Å². The molecule has 5 nitrogen and oxygen atoms in total. The van der Waals surface area contributed by atoms with Gasteiger partial charge in [-0.2, -0.15) is 0 Å². The van der Waals surface area contributed by atoms with Crippen molar-refractivity contribution in [2.24, 2.45) is 0 Å². The zero-order valence-corrected chi connectivity index (χ0v) is 17.7. The Morgan fingerprint density at radius 3 is 2.67 bits per heavy atom. The summed E-state index contributed by atoms with van der Waals surface area (Å²) in [6, 6.07) is 2.06. The second kappa shape index (κ2) is 7.19. The van der Waals surface area contributed by atoms with Crippen LogP contribution >= 0.6 is 0 Å². The molecule has 0 fully saturated rings. The van der Waals surface area contributed by atoms with Gasteiger partial charge in [0, 0.05) is 32.1 Å². The highest BCUT2D eigenvalue weighted by Crippen LogP contribution is 2.45. The number of fused-ring (bicyclic) bond motifs is 1. The highest BCUT2D eigenvalue weighted by atomic mass is 16.6. The molecule has 2 aliphatic rings. The lowest BCUT2D eigenvalue weighted by Crippen LogP contribution is -2.34. The van der Waals surface area contributed by atoms with Gasteiger partial charge in [-0.25, -0.2) is 4.79 Å². The first-order chi connectivity index (χ1) is 12.6. The Hall–Kier alpha value is -2.01. The summed E-state index contributed by atoms with van der Waals surface area (Å²) in [7, 11) is 3.90. The van der Waals surface area contributed by atoms with Crippen LogP contribution in [0.15, 0.2) is 12.1 Å². The van der Waals surface area contributed by atoms with Gasteiger partial charge < -0.3 is 14.4 Å². The highest BCUT2D eigenvalue weighted by molar-refractivity contribution is 5.91. The fourth-order valence-electron chi connectivity index (χ4n) is 3.83. The van der Waals surface area contributed by atoms with Crippen molar-refractivity contribution in [3.05, 3.63) is 28.8 Å². The fourth-order valence-corrected chi connectivity index (χ4v) is 3.83. The van der Waals surface area contributed by atoms with Gasteiger partial charge in [0.05, 0.1) is 5.69 Å². The van der Waals surface area contributed by atoms with Gasteiger partial charge in [0.1, 0.15) is 17.5 Å². The van der Waals surface area contributed by atoms with Gasteiger partial charge in [-0.05, 0) is 70.9 Å². The standard InChI is InChI=1S/C22H32N2O3/c1-14-12-18(24(7)21(25)27-22(3,4)5)20-17(13-15(2)26-20)19(14)16-8-10-23(6)11-9-16/h8,12,15H,9-11,13H2,1-7H3/t15-/m1/s1. The maximum absolute atomic E-state index is 12.6. The van der Waals surface area contributed by atoms with Crippen LogP contribution in [0.25, 0.3) is 5.57 Å². The summed E-state index contributed by atoms with van der Waals surface area (Å²) >= 11 is 0. The fraction of sp³-hybridized carbons (Fsp3) is 0.591. The lowest BCUT2D eigenvalue weighted by atomic mass is 9.88. The normalized spacial score (nSPS) is 20.0. The zero-order chi connectivity index (χ0) is 19.9. The Morgan fingerprint density at radius 1 is 1.37 bits per heavy atom. The van der Waals surface area contributed by atoms with Crippen LogP contribution in [-0.2, 0) is 11.2 Å². The van der Waals surface area contributed by atoms with E-state index in [0.29, 0.717) is 0 Å². The minimum absolute atomic E-state index is 0.109. The molecule has 148 valence electrons. The number of aryl methyl sites for hydroxylation is 1. The first kappa shape index (κ1) is 19.7. The van der Waals surface area contributed by atoms with Crippen molar-refractivity contribution >= 4 is 17.4 Å². The summed E-state index contributed by atoms with van der Waals surface area (Å²) in [5, 5.41) is 0. The largest absolute Gasteiger partial charge is 0.488 e. The molecular weight excluding hydrogens is 340 g/mol.